The van der Waals surface area contributed by atoms with Crippen LogP contribution in [0, 0.1) is 11.3 Å². The molecule has 0 aliphatic carbocycles. The summed E-state index contributed by atoms with van der Waals surface area (Å²) in [6, 6.07) is 15.2. The lowest BCUT2D eigenvalue weighted by Crippen LogP contribution is -2.28. The number of nitriles is 1. The summed E-state index contributed by atoms with van der Waals surface area (Å²) in [6.07, 6.45) is 0. The molecule has 0 saturated carbocycles. The highest BCUT2D eigenvalue weighted by Crippen LogP contribution is 2.16. The van der Waals surface area contributed by atoms with Crippen LogP contribution in [0.15, 0.2) is 48.5 Å². The zero-order valence-corrected chi connectivity index (χ0v) is 14.3. The number of amides is 2. The van der Waals surface area contributed by atoms with E-state index in [1.165, 1.54) is 0 Å². The second-order valence-corrected chi connectivity index (χ2v) is 5.24. The van der Waals surface area contributed by atoms with Crippen LogP contribution >= 0.6 is 0 Å². The van der Waals surface area contributed by atoms with E-state index in [0.29, 0.717) is 29.3 Å². The molecule has 26 heavy (non-hydrogen) atoms. The molecule has 0 aliphatic rings. The van der Waals surface area contributed by atoms with E-state index in [-0.39, 0.29) is 25.0 Å². The smallest absolute Gasteiger partial charge is 0.262 e. The number of nitrogens with one attached hydrogen (secondary N) is 2. The van der Waals surface area contributed by atoms with Gasteiger partial charge in [0.2, 0.25) is 0 Å². The van der Waals surface area contributed by atoms with Gasteiger partial charge in [0.25, 0.3) is 11.8 Å². The van der Waals surface area contributed by atoms with Crippen LogP contribution < -0.4 is 20.1 Å². The number of carbonyl (C=O) groups is 2. The molecule has 0 heterocycles. The molecule has 0 atom stereocenters. The lowest BCUT2D eigenvalue weighted by atomic mass is 10.2. The third-order valence-electron chi connectivity index (χ3n) is 3.24. The lowest BCUT2D eigenvalue weighted by molar-refractivity contribution is -0.123. The van der Waals surface area contributed by atoms with E-state index in [4.69, 9.17) is 14.7 Å². The normalized spacial score (nSPS) is 9.69. The van der Waals surface area contributed by atoms with E-state index < -0.39 is 0 Å². The van der Waals surface area contributed by atoms with Crippen LogP contribution in [0.2, 0.25) is 0 Å². The van der Waals surface area contributed by atoms with Gasteiger partial charge >= 0.3 is 0 Å². The zero-order chi connectivity index (χ0) is 18.8. The van der Waals surface area contributed by atoms with Crippen molar-refractivity contribution in [2.75, 3.05) is 25.1 Å². The third kappa shape index (κ3) is 6.17. The number of likely N-dealkylation sites (N-methyl/N-ethyl adjacent to an activating group) is 1. The Morgan fingerprint density at radius 2 is 1.46 bits per heavy atom. The SMILES string of the molecule is CCNC(=O)COc1ccc(NC(=O)COc2ccc(C#N)cc2)cc1. The van der Waals surface area contributed by atoms with Gasteiger partial charge in [-0.15, -0.1) is 0 Å². The first-order chi connectivity index (χ1) is 12.6. The Kier molecular flexibility index (Phi) is 7.01. The summed E-state index contributed by atoms with van der Waals surface area (Å²) in [5.41, 5.74) is 1.11. The minimum Gasteiger partial charge on any atom is -0.484 e. The van der Waals surface area contributed by atoms with E-state index in [0.717, 1.165) is 0 Å². The van der Waals surface area contributed by atoms with Gasteiger partial charge < -0.3 is 20.1 Å². The van der Waals surface area contributed by atoms with Crippen molar-refractivity contribution in [2.45, 2.75) is 6.92 Å². The molecule has 7 heteroatoms. The molecule has 2 amide bonds. The highest BCUT2D eigenvalue weighted by Gasteiger charge is 2.05. The number of ether oxygens (including phenoxy) is 2. The summed E-state index contributed by atoms with van der Waals surface area (Å²) >= 11 is 0. The topological polar surface area (TPSA) is 100 Å². The summed E-state index contributed by atoms with van der Waals surface area (Å²) in [7, 11) is 0. The number of anilines is 1. The average molecular weight is 353 g/mol. The molecule has 2 rings (SSSR count). The van der Waals surface area contributed by atoms with Crippen LogP contribution in [0.5, 0.6) is 11.5 Å². The molecule has 0 aliphatic heterocycles. The van der Waals surface area contributed by atoms with E-state index >= 15 is 0 Å². The summed E-state index contributed by atoms with van der Waals surface area (Å²) in [6.45, 7) is 2.18. The van der Waals surface area contributed by atoms with Crippen molar-refractivity contribution < 1.29 is 19.1 Å². The standard InChI is InChI=1S/C19H19N3O4/c1-2-21-18(23)12-25-17-9-5-15(6-10-17)22-19(24)13-26-16-7-3-14(11-20)4-8-16/h3-10H,2,12-13H2,1H3,(H,21,23)(H,22,24). The van der Waals surface area contributed by atoms with E-state index in [2.05, 4.69) is 10.6 Å². The summed E-state index contributed by atoms with van der Waals surface area (Å²) in [4.78, 5) is 23.2. The van der Waals surface area contributed by atoms with Crippen molar-refractivity contribution in [2.24, 2.45) is 0 Å². The predicted molar refractivity (Wildman–Crippen MR) is 95.9 cm³/mol. The fraction of sp³-hybridized carbons (Fsp3) is 0.211. The van der Waals surface area contributed by atoms with Crippen LogP contribution in [0.3, 0.4) is 0 Å². The highest BCUT2D eigenvalue weighted by molar-refractivity contribution is 5.91. The number of hydrogen-bond acceptors (Lipinski definition) is 5. The van der Waals surface area contributed by atoms with Gasteiger partial charge in [0.1, 0.15) is 11.5 Å². The van der Waals surface area contributed by atoms with E-state index in [1.54, 1.807) is 48.5 Å². The van der Waals surface area contributed by atoms with Crippen LogP contribution in [0.25, 0.3) is 0 Å². The highest BCUT2D eigenvalue weighted by atomic mass is 16.5. The van der Waals surface area contributed by atoms with Gasteiger partial charge in [0.05, 0.1) is 11.6 Å². The van der Waals surface area contributed by atoms with Gasteiger partial charge in [-0.05, 0) is 55.5 Å². The molecule has 2 aromatic rings. The van der Waals surface area contributed by atoms with Crippen LogP contribution in [-0.4, -0.2) is 31.6 Å². The van der Waals surface area contributed by atoms with Gasteiger partial charge in [-0.1, -0.05) is 0 Å². The van der Waals surface area contributed by atoms with E-state index in [1.807, 2.05) is 13.0 Å². The molecule has 0 saturated heterocycles. The maximum atomic E-state index is 11.9. The first-order valence-electron chi connectivity index (χ1n) is 8.03. The number of hydrogen-bond donors (Lipinski definition) is 2. The molecule has 0 unspecified atom stereocenters. The fourth-order valence-corrected chi connectivity index (χ4v) is 2.00. The molecule has 7 nitrogen and oxygen atoms in total. The molecule has 0 radical (unpaired) electrons. The quantitative estimate of drug-likeness (QED) is 0.757. The predicted octanol–water partition coefficient (Wildman–Crippen LogP) is 2.09. The Hall–Kier alpha value is -3.53. The molecular weight excluding hydrogens is 334 g/mol. The van der Waals surface area contributed by atoms with Crippen molar-refractivity contribution in [3.05, 3.63) is 54.1 Å². The summed E-state index contributed by atoms with van der Waals surface area (Å²) < 4.78 is 10.7. The molecule has 0 bridgehead atoms. The van der Waals surface area contributed by atoms with Gasteiger partial charge in [0, 0.05) is 12.2 Å². The van der Waals surface area contributed by atoms with Crippen molar-refractivity contribution in [3.63, 3.8) is 0 Å². The van der Waals surface area contributed by atoms with Crippen molar-refractivity contribution in [3.8, 4) is 17.6 Å². The van der Waals surface area contributed by atoms with Gasteiger partial charge in [-0.2, -0.15) is 5.26 Å². The lowest BCUT2D eigenvalue weighted by Gasteiger charge is -2.09. The second kappa shape index (κ2) is 9.69. The molecule has 2 aromatic carbocycles. The van der Waals surface area contributed by atoms with Crippen molar-refractivity contribution in [1.29, 1.82) is 5.26 Å². The second-order valence-electron chi connectivity index (χ2n) is 5.24. The number of benzene rings is 2. The Bertz CT molecular complexity index is 780. The summed E-state index contributed by atoms with van der Waals surface area (Å²) in [5.74, 6) is 0.534. The largest absolute Gasteiger partial charge is 0.484 e. The monoisotopic (exact) mass is 353 g/mol. The molecule has 0 aromatic heterocycles. The number of carbonyl (C=O) groups excluding carboxylic acids is 2. The molecule has 134 valence electrons. The molecular formula is C19H19N3O4. The minimum atomic E-state index is -0.314. The Labute approximate surface area is 151 Å². The van der Waals surface area contributed by atoms with E-state index in [9.17, 15) is 9.59 Å². The molecule has 0 spiro atoms. The molecule has 0 fully saturated rings. The third-order valence-corrected chi connectivity index (χ3v) is 3.24. The minimum absolute atomic E-state index is 0.0576. The summed E-state index contributed by atoms with van der Waals surface area (Å²) in [5, 5.41) is 14.1. The van der Waals surface area contributed by atoms with Crippen LogP contribution in [-0.2, 0) is 9.59 Å². The first-order valence-corrected chi connectivity index (χ1v) is 8.03. The Morgan fingerprint density at radius 3 is 2.00 bits per heavy atom. The van der Waals surface area contributed by atoms with Gasteiger partial charge in [0.15, 0.2) is 13.2 Å². The fourth-order valence-electron chi connectivity index (χ4n) is 2.00. The average Bonchev–Trinajstić information content (AvgIpc) is 2.66. The van der Waals surface area contributed by atoms with Crippen molar-refractivity contribution in [1.82, 2.24) is 5.32 Å². The van der Waals surface area contributed by atoms with Crippen LogP contribution in [0.4, 0.5) is 5.69 Å². The Balaban J connectivity index is 1.77. The maximum Gasteiger partial charge on any atom is 0.262 e. The van der Waals surface area contributed by atoms with Gasteiger partial charge in [-0.25, -0.2) is 0 Å². The zero-order valence-electron chi connectivity index (χ0n) is 14.3. The first kappa shape index (κ1) is 18.8. The number of rotatable bonds is 8. The van der Waals surface area contributed by atoms with Gasteiger partial charge in [-0.3, -0.25) is 9.59 Å². The van der Waals surface area contributed by atoms with Crippen LogP contribution in [0.1, 0.15) is 12.5 Å². The maximum absolute atomic E-state index is 11.9. The Morgan fingerprint density at radius 1 is 0.923 bits per heavy atom. The molecule has 2 N–H and O–H groups in total. The van der Waals surface area contributed by atoms with Crippen molar-refractivity contribution >= 4 is 17.5 Å². The number of nitrogens with zero attached hydrogens (tertiary/aromatic N) is 1.